The molecule has 2 bridgehead atoms. The third-order valence-corrected chi connectivity index (χ3v) is 7.34. The molecule has 3 aliphatic rings. The molecule has 0 amide bonds. The monoisotopic (exact) mass is 500 g/mol. The van der Waals surface area contributed by atoms with Crippen LogP contribution in [0, 0.1) is 5.92 Å². The molecule has 0 spiro atoms. The minimum Gasteiger partial charge on any atom is -0.554 e. The highest BCUT2D eigenvalue weighted by atomic mass is 16.5. The molecule has 6 rings (SSSR count). The molecule has 37 heavy (non-hydrogen) atoms. The largest absolute Gasteiger partial charge is 0.554 e. The van der Waals surface area contributed by atoms with Gasteiger partial charge in [-0.3, -0.25) is 4.79 Å². The van der Waals surface area contributed by atoms with Gasteiger partial charge in [-0.1, -0.05) is 78.9 Å². The summed E-state index contributed by atoms with van der Waals surface area (Å²) in [6.07, 6.45) is 1.81. The summed E-state index contributed by atoms with van der Waals surface area (Å²) in [5.41, 5.74) is 2.51. The van der Waals surface area contributed by atoms with Crippen molar-refractivity contribution in [1.82, 2.24) is 0 Å². The Morgan fingerprint density at radius 2 is 1.46 bits per heavy atom. The lowest BCUT2D eigenvalue weighted by Crippen LogP contribution is -2.65. The lowest BCUT2D eigenvalue weighted by Gasteiger charge is -2.51. The number of rotatable bonds is 8. The summed E-state index contributed by atoms with van der Waals surface area (Å²) in [5.74, 6) is 0.268. The number of quaternary nitrogens is 1. The highest BCUT2D eigenvalue weighted by Gasteiger charge is 2.49. The van der Waals surface area contributed by atoms with Gasteiger partial charge in [0.1, 0.15) is 13.1 Å². The zero-order valence-corrected chi connectivity index (χ0v) is 20.7. The van der Waals surface area contributed by atoms with Crippen molar-refractivity contribution in [2.24, 2.45) is 5.92 Å². The predicted octanol–water partition coefficient (Wildman–Crippen LogP) is 3.24. The number of carbonyl (C=O) groups is 3. The summed E-state index contributed by atoms with van der Waals surface area (Å²) in [7, 11) is 0. The number of ketones is 1. The summed E-state index contributed by atoms with van der Waals surface area (Å²) >= 11 is 0. The second kappa shape index (κ2) is 12.3. The lowest BCUT2D eigenvalue weighted by atomic mass is 9.82. The predicted molar refractivity (Wildman–Crippen MR) is 138 cm³/mol. The van der Waals surface area contributed by atoms with Crippen molar-refractivity contribution in [3.05, 3.63) is 102 Å². The maximum Gasteiger partial charge on any atom is 0.333 e. The Kier molecular flexibility index (Phi) is 8.69. The van der Waals surface area contributed by atoms with E-state index < -0.39 is 12.5 Å². The van der Waals surface area contributed by atoms with Crippen LogP contribution in [-0.4, -0.2) is 55.0 Å². The van der Waals surface area contributed by atoms with Gasteiger partial charge in [-0.25, -0.2) is 4.79 Å². The standard InChI is InChI=1S/C29H31N2O3.CH2O2/c32-26(22-10-4-1-5-11-22)20-31-18-16-23(17-19-31)27(21-31)34-29(33)28(24-12-6-2-7-13-24)30-25-14-8-3-9-15-25;2-1-3/h1-15,23,27-28,30H,16-21H2;1H,(H,2,3)/q+1;/p-1/t23?,27-,28?,31?;/m0./s1. The van der Waals surface area contributed by atoms with Crippen LogP contribution in [-0.2, 0) is 14.3 Å². The number of nitrogens with zero attached hydrogens (tertiary/aromatic N) is 1. The number of ether oxygens (including phenoxy) is 1. The van der Waals surface area contributed by atoms with E-state index in [-0.39, 0.29) is 17.9 Å². The quantitative estimate of drug-likeness (QED) is 0.221. The minimum absolute atomic E-state index is 0.164. The fourth-order valence-corrected chi connectivity index (χ4v) is 5.44. The van der Waals surface area contributed by atoms with Crippen molar-refractivity contribution in [2.75, 3.05) is 31.5 Å². The summed E-state index contributed by atoms with van der Waals surface area (Å²) in [5, 5.41) is 11.6. The van der Waals surface area contributed by atoms with E-state index in [1.165, 1.54) is 0 Å². The van der Waals surface area contributed by atoms with Gasteiger partial charge in [0.25, 0.3) is 0 Å². The van der Waals surface area contributed by atoms with E-state index in [1.807, 2.05) is 91.0 Å². The van der Waals surface area contributed by atoms with Crippen molar-refractivity contribution >= 4 is 23.9 Å². The molecule has 1 N–H and O–H groups in total. The molecular formula is C30H32N2O5. The molecular weight excluding hydrogens is 468 g/mol. The Hall–Kier alpha value is -3.97. The third-order valence-electron chi connectivity index (χ3n) is 7.34. The molecule has 3 saturated heterocycles. The molecule has 0 aliphatic carbocycles. The number of para-hydroxylation sites is 1. The number of nitrogens with one attached hydrogen (secondary N) is 1. The average molecular weight is 501 g/mol. The van der Waals surface area contributed by atoms with Gasteiger partial charge in [-0.2, -0.15) is 0 Å². The molecule has 3 fully saturated rings. The van der Waals surface area contributed by atoms with Crippen LogP contribution in [0.1, 0.15) is 34.8 Å². The van der Waals surface area contributed by atoms with Crippen LogP contribution in [0.5, 0.6) is 0 Å². The van der Waals surface area contributed by atoms with E-state index in [2.05, 4.69) is 5.32 Å². The van der Waals surface area contributed by atoms with E-state index in [0.29, 0.717) is 23.5 Å². The summed E-state index contributed by atoms with van der Waals surface area (Å²) in [4.78, 5) is 34.7. The van der Waals surface area contributed by atoms with Crippen molar-refractivity contribution in [2.45, 2.75) is 25.0 Å². The lowest BCUT2D eigenvalue weighted by molar-refractivity contribution is -0.938. The topological polar surface area (TPSA) is 95.5 Å². The number of carboxylic acid groups (broad SMARTS) is 1. The van der Waals surface area contributed by atoms with E-state index in [9.17, 15) is 9.59 Å². The number of hydrogen-bond acceptors (Lipinski definition) is 6. The molecule has 7 heteroatoms. The highest BCUT2D eigenvalue weighted by molar-refractivity contribution is 5.97. The van der Waals surface area contributed by atoms with E-state index in [1.54, 1.807) is 0 Å². The number of Topliss-reactive ketones (excluding diaryl/α,β-unsaturated/α-hetero) is 1. The van der Waals surface area contributed by atoms with E-state index in [0.717, 1.165) is 42.7 Å². The van der Waals surface area contributed by atoms with Crippen LogP contribution in [0.3, 0.4) is 0 Å². The van der Waals surface area contributed by atoms with Crippen molar-refractivity contribution in [1.29, 1.82) is 0 Å². The van der Waals surface area contributed by atoms with Gasteiger partial charge >= 0.3 is 5.97 Å². The molecule has 3 heterocycles. The molecule has 3 aromatic carbocycles. The molecule has 1 unspecified atom stereocenters. The molecule has 0 saturated carbocycles. The Morgan fingerprint density at radius 3 is 2.05 bits per heavy atom. The van der Waals surface area contributed by atoms with Gasteiger partial charge < -0.3 is 24.4 Å². The Labute approximate surface area is 217 Å². The smallest absolute Gasteiger partial charge is 0.333 e. The first-order valence-corrected chi connectivity index (χ1v) is 12.6. The molecule has 2 atom stereocenters. The third kappa shape index (κ3) is 6.62. The number of fused-ring (bicyclic) bond motifs is 3. The van der Waals surface area contributed by atoms with Crippen LogP contribution >= 0.6 is 0 Å². The molecule has 0 radical (unpaired) electrons. The summed E-state index contributed by atoms with van der Waals surface area (Å²) in [6, 6.07) is 28.4. The normalized spacial score (nSPS) is 22.6. The molecule has 3 aromatic rings. The zero-order chi connectivity index (χ0) is 26.1. The van der Waals surface area contributed by atoms with Gasteiger partial charge in [0.2, 0.25) is 5.78 Å². The van der Waals surface area contributed by atoms with E-state index >= 15 is 0 Å². The maximum atomic E-state index is 13.5. The number of carbonyl (C=O) groups excluding carboxylic acids is 3. The maximum absolute atomic E-state index is 13.5. The van der Waals surface area contributed by atoms with Crippen LogP contribution in [0.2, 0.25) is 0 Å². The molecule has 7 nitrogen and oxygen atoms in total. The number of benzene rings is 3. The van der Waals surface area contributed by atoms with Crippen LogP contribution < -0.4 is 10.4 Å². The first kappa shape index (κ1) is 26.1. The number of esters is 1. The number of anilines is 1. The SMILES string of the molecule is O=C(C[N+]12CCC(CC1)[C@@H](OC(=O)C(Nc1ccccc1)c1ccccc1)C2)c1ccccc1.O=C[O-]. The zero-order valence-electron chi connectivity index (χ0n) is 20.7. The fraction of sp³-hybridized carbons (Fsp3) is 0.300. The molecule has 0 aromatic heterocycles. The minimum atomic E-state index is -0.585. The first-order chi connectivity index (χ1) is 18.0. The second-order valence-electron chi connectivity index (χ2n) is 9.68. The Bertz CT molecular complexity index is 1160. The average Bonchev–Trinajstić information content (AvgIpc) is 2.94. The van der Waals surface area contributed by atoms with Gasteiger partial charge in [-0.05, 0) is 17.7 Å². The van der Waals surface area contributed by atoms with Gasteiger partial charge in [0.05, 0.1) is 13.1 Å². The van der Waals surface area contributed by atoms with Crippen molar-refractivity contribution in [3.8, 4) is 0 Å². The van der Waals surface area contributed by atoms with E-state index in [4.69, 9.17) is 14.6 Å². The van der Waals surface area contributed by atoms with Gasteiger partial charge in [0.15, 0.2) is 12.1 Å². The van der Waals surface area contributed by atoms with Crippen LogP contribution in [0.25, 0.3) is 0 Å². The number of piperidine rings is 3. The fourth-order valence-electron chi connectivity index (χ4n) is 5.44. The Balaban J connectivity index is 0.00000102. The summed E-state index contributed by atoms with van der Waals surface area (Å²) in [6.45, 7) is 2.63. The second-order valence-corrected chi connectivity index (χ2v) is 9.68. The molecule has 3 aliphatic heterocycles. The summed E-state index contributed by atoms with van der Waals surface area (Å²) < 4.78 is 6.91. The van der Waals surface area contributed by atoms with Gasteiger partial charge in [-0.15, -0.1) is 0 Å². The Morgan fingerprint density at radius 1 is 0.919 bits per heavy atom. The van der Waals surface area contributed by atoms with Crippen molar-refractivity contribution < 1.29 is 28.7 Å². The molecule has 192 valence electrons. The van der Waals surface area contributed by atoms with Crippen LogP contribution in [0.15, 0.2) is 91.0 Å². The number of hydrogen-bond donors (Lipinski definition) is 1. The van der Waals surface area contributed by atoms with Gasteiger partial charge in [0, 0.05) is 36.5 Å². The first-order valence-electron chi connectivity index (χ1n) is 12.6. The highest BCUT2D eigenvalue weighted by Crippen LogP contribution is 2.36. The van der Waals surface area contributed by atoms with Crippen molar-refractivity contribution in [3.63, 3.8) is 0 Å². The van der Waals surface area contributed by atoms with Crippen LogP contribution in [0.4, 0.5) is 5.69 Å².